The van der Waals surface area contributed by atoms with Gasteiger partial charge in [0.25, 0.3) is 0 Å². The zero-order valence-corrected chi connectivity index (χ0v) is 20.6. The molecule has 9 unspecified atom stereocenters. The van der Waals surface area contributed by atoms with Crippen LogP contribution in [0.4, 0.5) is 0 Å². The van der Waals surface area contributed by atoms with Crippen LogP contribution < -0.4 is 0 Å². The Hall–Kier alpha value is -1.04. The van der Waals surface area contributed by atoms with Crippen molar-refractivity contribution in [1.29, 1.82) is 0 Å². The summed E-state index contributed by atoms with van der Waals surface area (Å²) in [7, 11) is 1.90. The van der Waals surface area contributed by atoms with Gasteiger partial charge in [0.2, 0.25) is 0 Å². The monoisotopic (exact) mass is 433 g/mol. The zero-order chi connectivity index (χ0) is 22.3. The third kappa shape index (κ3) is 2.74. The Kier molecular flexibility index (Phi) is 5.02. The molecule has 0 aromatic carbocycles. The first-order chi connectivity index (χ1) is 15.4. The molecule has 2 aliphatic heterocycles. The summed E-state index contributed by atoms with van der Waals surface area (Å²) in [5.74, 6) is 7.60. The van der Waals surface area contributed by atoms with E-state index in [9.17, 15) is 0 Å². The first-order valence-electron chi connectivity index (χ1n) is 13.5. The van der Waals surface area contributed by atoms with E-state index < -0.39 is 0 Å². The molecule has 0 spiro atoms. The number of hydrogen-bond acceptors (Lipinski definition) is 2. The molecule has 2 heteroatoms. The molecule has 5 fully saturated rings. The minimum Gasteiger partial charge on any atom is -0.381 e. The van der Waals surface area contributed by atoms with Crippen molar-refractivity contribution < 1.29 is 4.74 Å². The highest BCUT2D eigenvalue weighted by Crippen LogP contribution is 2.70. The summed E-state index contributed by atoms with van der Waals surface area (Å²) in [6, 6.07) is 1.43. The van der Waals surface area contributed by atoms with E-state index in [1.165, 1.54) is 57.8 Å². The Morgan fingerprint density at radius 3 is 2.75 bits per heavy atom. The summed E-state index contributed by atoms with van der Waals surface area (Å²) in [5, 5.41) is 0. The highest BCUT2D eigenvalue weighted by molar-refractivity contribution is 5.27. The van der Waals surface area contributed by atoms with Gasteiger partial charge in [0, 0.05) is 31.7 Å². The number of allylic oxidation sites excluding steroid dienone is 1. The van der Waals surface area contributed by atoms with Crippen LogP contribution in [0, 0.1) is 58.7 Å². The lowest BCUT2D eigenvalue weighted by atomic mass is 9.47. The van der Waals surface area contributed by atoms with Crippen LogP contribution in [0.5, 0.6) is 0 Å². The Balaban J connectivity index is 1.32. The van der Waals surface area contributed by atoms with Gasteiger partial charge in [-0.15, -0.1) is 18.9 Å². The molecule has 3 saturated carbocycles. The maximum Gasteiger partial charge on any atom is 0.0608 e. The molecule has 0 bridgehead atoms. The fourth-order valence-corrected chi connectivity index (χ4v) is 10.4. The van der Waals surface area contributed by atoms with Gasteiger partial charge in [-0.2, -0.15) is 0 Å². The number of hydrogen-bond donors (Lipinski definition) is 0. The Labute approximate surface area is 196 Å². The molecule has 32 heavy (non-hydrogen) atoms. The van der Waals surface area contributed by atoms with Gasteiger partial charge in [-0.05, 0) is 98.2 Å². The minimum absolute atomic E-state index is 0.414. The van der Waals surface area contributed by atoms with Crippen LogP contribution in [-0.2, 0) is 4.74 Å². The number of piperidine rings is 1. The van der Waals surface area contributed by atoms with E-state index in [1.807, 2.05) is 7.11 Å². The van der Waals surface area contributed by atoms with Gasteiger partial charge >= 0.3 is 0 Å². The van der Waals surface area contributed by atoms with Gasteiger partial charge in [-0.25, -0.2) is 0 Å². The zero-order valence-electron chi connectivity index (χ0n) is 20.6. The van der Waals surface area contributed by atoms with E-state index in [0.717, 1.165) is 36.3 Å². The van der Waals surface area contributed by atoms with E-state index in [4.69, 9.17) is 11.2 Å². The van der Waals surface area contributed by atoms with Crippen LogP contribution in [0.3, 0.4) is 0 Å². The van der Waals surface area contributed by atoms with Crippen LogP contribution in [0.15, 0.2) is 24.3 Å². The van der Waals surface area contributed by atoms with Crippen molar-refractivity contribution in [3.05, 3.63) is 24.3 Å². The molecule has 0 amide bonds. The lowest BCUT2D eigenvalue weighted by Crippen LogP contribution is -2.51. The molecule has 0 aromatic heterocycles. The van der Waals surface area contributed by atoms with Crippen molar-refractivity contribution in [2.75, 3.05) is 13.7 Å². The highest BCUT2D eigenvalue weighted by atomic mass is 16.5. The fraction of sp³-hybridized carbons (Fsp3) is 0.800. The van der Waals surface area contributed by atoms with Gasteiger partial charge in [0.15, 0.2) is 0 Å². The van der Waals surface area contributed by atoms with Crippen molar-refractivity contribution in [2.24, 2.45) is 46.3 Å². The molecule has 6 rings (SSSR count). The number of rotatable bonds is 2. The first kappa shape index (κ1) is 21.5. The predicted octanol–water partition coefficient (Wildman–Crippen LogP) is 6.09. The summed E-state index contributed by atoms with van der Waals surface area (Å²) < 4.78 is 5.78. The molecule has 0 radical (unpaired) electrons. The minimum atomic E-state index is 0.414. The maximum absolute atomic E-state index is 5.91. The molecule has 4 aliphatic carbocycles. The third-order valence-corrected chi connectivity index (χ3v) is 12.0. The number of methoxy groups -OCH3 is 1. The van der Waals surface area contributed by atoms with Crippen LogP contribution in [0.2, 0.25) is 0 Å². The van der Waals surface area contributed by atoms with Crippen molar-refractivity contribution in [3.63, 3.8) is 0 Å². The van der Waals surface area contributed by atoms with Gasteiger partial charge in [0.05, 0.1) is 6.10 Å². The molecule has 0 aromatic rings. The molecule has 11 atom stereocenters. The fourth-order valence-electron chi connectivity index (χ4n) is 10.4. The van der Waals surface area contributed by atoms with E-state index >= 15 is 0 Å². The van der Waals surface area contributed by atoms with Crippen molar-refractivity contribution in [3.8, 4) is 12.3 Å². The van der Waals surface area contributed by atoms with Crippen molar-refractivity contribution in [2.45, 2.75) is 89.8 Å². The number of fused-ring (bicyclic) bond motifs is 9. The highest BCUT2D eigenvalue weighted by Gasteiger charge is 2.66. The van der Waals surface area contributed by atoms with E-state index in [0.29, 0.717) is 34.8 Å². The largest absolute Gasteiger partial charge is 0.381 e. The first-order valence-corrected chi connectivity index (χ1v) is 13.5. The number of terminal acetylenes is 1. The Morgan fingerprint density at radius 1 is 1.16 bits per heavy atom. The van der Waals surface area contributed by atoms with Crippen LogP contribution in [-0.4, -0.2) is 36.7 Å². The van der Waals surface area contributed by atoms with Gasteiger partial charge in [-0.1, -0.05) is 31.6 Å². The third-order valence-electron chi connectivity index (χ3n) is 12.0. The molecule has 2 nitrogen and oxygen atoms in total. The average Bonchev–Trinajstić information content (AvgIpc) is 3.29. The second kappa shape index (κ2) is 7.48. The quantitative estimate of drug-likeness (QED) is 0.386. The molecule has 6 aliphatic rings. The summed E-state index contributed by atoms with van der Waals surface area (Å²) in [4.78, 5) is 2.89. The molecular formula is C30H43NO. The molecule has 0 N–H and O–H groups in total. The summed E-state index contributed by atoms with van der Waals surface area (Å²) >= 11 is 0. The summed E-state index contributed by atoms with van der Waals surface area (Å²) in [6.45, 7) is 10.8. The standard InChI is InChI=1S/C30H43NO/c1-6-19-8-11-26-22(7-2)28-27(31(26)18-19)17-25-23-10-9-20-16-21(32-5)12-14-29(20,3)24(23)13-15-30(25,28)4/h1,7,9,19,21-28H,2,8,10-18H2,3-5H3/t19-,21?,22+,23?,24?,25?,26?,27?,28?,29?,30?/m0/s1. The molecule has 2 heterocycles. The number of ether oxygens (including phenoxy) is 1. The smallest absolute Gasteiger partial charge is 0.0608 e. The lowest BCUT2D eigenvalue weighted by Gasteiger charge is -2.58. The predicted molar refractivity (Wildman–Crippen MR) is 131 cm³/mol. The normalized spacial score (nSPS) is 54.3. The van der Waals surface area contributed by atoms with Gasteiger partial charge in [-0.3, -0.25) is 4.90 Å². The summed E-state index contributed by atoms with van der Waals surface area (Å²) in [6.07, 6.45) is 23.1. The summed E-state index contributed by atoms with van der Waals surface area (Å²) in [5.41, 5.74) is 2.62. The topological polar surface area (TPSA) is 12.5 Å². The van der Waals surface area contributed by atoms with Crippen LogP contribution in [0.25, 0.3) is 0 Å². The maximum atomic E-state index is 5.91. The second-order valence-corrected chi connectivity index (χ2v) is 12.8. The van der Waals surface area contributed by atoms with E-state index in [2.05, 4.69) is 43.4 Å². The van der Waals surface area contributed by atoms with Crippen molar-refractivity contribution >= 4 is 0 Å². The Bertz CT molecular complexity index is 853. The van der Waals surface area contributed by atoms with Gasteiger partial charge in [0.1, 0.15) is 0 Å². The Morgan fingerprint density at radius 2 is 2.00 bits per heavy atom. The van der Waals surface area contributed by atoms with E-state index in [1.54, 1.807) is 5.57 Å². The lowest BCUT2D eigenvalue weighted by molar-refractivity contribution is -0.0585. The van der Waals surface area contributed by atoms with Crippen LogP contribution in [0.1, 0.15) is 71.6 Å². The van der Waals surface area contributed by atoms with Crippen molar-refractivity contribution in [1.82, 2.24) is 4.90 Å². The molecule has 2 saturated heterocycles. The van der Waals surface area contributed by atoms with Crippen LogP contribution >= 0.6 is 0 Å². The molecule has 174 valence electrons. The SMILES string of the molecule is C#C[C@H]1CCC2[C@@H](C=C)C3C(CC4C5CC=C6CC(OC)CCC6(C)C5CCC43C)N2C1. The second-order valence-electron chi connectivity index (χ2n) is 12.8. The van der Waals surface area contributed by atoms with E-state index in [-0.39, 0.29) is 0 Å². The average molecular weight is 434 g/mol. The number of nitrogens with zero attached hydrogens (tertiary/aromatic N) is 1. The molecular weight excluding hydrogens is 390 g/mol. The van der Waals surface area contributed by atoms with Gasteiger partial charge < -0.3 is 4.74 Å².